The Morgan fingerprint density at radius 2 is 1.54 bits per heavy atom. The maximum absolute atomic E-state index is 12.8. The zero-order chi connectivity index (χ0) is 18.7. The van der Waals surface area contributed by atoms with Crippen molar-refractivity contribution in [1.29, 1.82) is 0 Å². The summed E-state index contributed by atoms with van der Waals surface area (Å²) in [6.07, 6.45) is 0. The average Bonchev–Trinajstić information content (AvgIpc) is 2.65. The van der Waals surface area contributed by atoms with Crippen molar-refractivity contribution in [2.24, 2.45) is 11.8 Å². The first-order chi connectivity index (χ1) is 12.5. The van der Waals surface area contributed by atoms with Crippen LogP contribution < -0.4 is 14.8 Å². The van der Waals surface area contributed by atoms with Crippen LogP contribution >= 0.6 is 0 Å². The minimum atomic E-state index is -0.0643. The molecular weight excluding hydrogens is 334 g/mol. The summed E-state index contributed by atoms with van der Waals surface area (Å²) in [6, 6.07) is 5.17. The second-order valence-corrected chi connectivity index (χ2v) is 6.93. The van der Waals surface area contributed by atoms with Gasteiger partial charge in [-0.2, -0.15) is 0 Å². The molecule has 7 heteroatoms. The molecule has 0 bridgehead atoms. The zero-order valence-electron chi connectivity index (χ0n) is 15.7. The van der Waals surface area contributed by atoms with Crippen molar-refractivity contribution in [2.75, 3.05) is 53.5 Å². The summed E-state index contributed by atoms with van der Waals surface area (Å²) in [5.74, 6) is 1.79. The van der Waals surface area contributed by atoms with E-state index >= 15 is 0 Å². The lowest BCUT2D eigenvalue weighted by atomic mass is 9.88. The monoisotopic (exact) mass is 361 g/mol. The summed E-state index contributed by atoms with van der Waals surface area (Å²) in [6.45, 7) is 6.09. The summed E-state index contributed by atoms with van der Waals surface area (Å²) in [5.41, 5.74) is 0.537. The average molecular weight is 361 g/mol. The number of hydrogen-bond donors (Lipinski definition) is 1. The van der Waals surface area contributed by atoms with E-state index < -0.39 is 0 Å². The van der Waals surface area contributed by atoms with Gasteiger partial charge in [0.05, 0.1) is 14.2 Å². The highest BCUT2D eigenvalue weighted by molar-refractivity contribution is 5.95. The third kappa shape index (κ3) is 3.77. The quantitative estimate of drug-likeness (QED) is 0.842. The Labute approximate surface area is 154 Å². The third-order valence-corrected chi connectivity index (χ3v) is 5.39. The Morgan fingerprint density at radius 3 is 2.00 bits per heavy atom. The van der Waals surface area contributed by atoms with Gasteiger partial charge in [-0.3, -0.25) is 9.59 Å². The van der Waals surface area contributed by atoms with Gasteiger partial charge in [-0.05, 0) is 31.1 Å². The van der Waals surface area contributed by atoms with Gasteiger partial charge in [-0.15, -0.1) is 0 Å². The fourth-order valence-electron chi connectivity index (χ4n) is 3.40. The Bertz CT molecular complexity index is 644. The first-order valence-corrected chi connectivity index (χ1v) is 9.05. The van der Waals surface area contributed by atoms with Crippen molar-refractivity contribution < 1.29 is 19.1 Å². The molecular formula is C19H27N3O4. The Hall–Kier alpha value is -2.28. The summed E-state index contributed by atoms with van der Waals surface area (Å²) in [5, 5.41) is 3.21. The van der Waals surface area contributed by atoms with Gasteiger partial charge in [-0.1, -0.05) is 6.92 Å². The number of nitrogens with one attached hydrogen (secondary N) is 1. The predicted molar refractivity (Wildman–Crippen MR) is 97.6 cm³/mol. The van der Waals surface area contributed by atoms with E-state index in [4.69, 9.17) is 9.47 Å². The fraction of sp³-hybridized carbons (Fsp3) is 0.579. The number of amides is 2. The number of methoxy groups -OCH3 is 2. The van der Waals surface area contributed by atoms with Crippen LogP contribution in [0, 0.1) is 11.8 Å². The van der Waals surface area contributed by atoms with Crippen LogP contribution in [0.3, 0.4) is 0 Å². The zero-order valence-corrected chi connectivity index (χ0v) is 15.7. The molecule has 3 rings (SSSR count). The minimum absolute atomic E-state index is 0.0427. The van der Waals surface area contributed by atoms with Crippen molar-refractivity contribution in [3.05, 3.63) is 23.8 Å². The molecule has 2 saturated heterocycles. The van der Waals surface area contributed by atoms with Crippen molar-refractivity contribution >= 4 is 11.8 Å². The summed E-state index contributed by atoms with van der Waals surface area (Å²) in [4.78, 5) is 29.1. The molecule has 0 aromatic heterocycles. The summed E-state index contributed by atoms with van der Waals surface area (Å²) >= 11 is 0. The molecule has 26 heavy (non-hydrogen) atoms. The number of hydrogen-bond acceptors (Lipinski definition) is 5. The van der Waals surface area contributed by atoms with Crippen LogP contribution in [0.25, 0.3) is 0 Å². The van der Waals surface area contributed by atoms with Crippen LogP contribution in [0.5, 0.6) is 11.5 Å². The maximum Gasteiger partial charge on any atom is 0.254 e. The lowest BCUT2D eigenvalue weighted by molar-refractivity contribution is -0.138. The largest absolute Gasteiger partial charge is 0.497 e. The van der Waals surface area contributed by atoms with E-state index in [0.717, 1.165) is 13.1 Å². The van der Waals surface area contributed by atoms with E-state index in [0.29, 0.717) is 49.2 Å². The van der Waals surface area contributed by atoms with Crippen molar-refractivity contribution in [3.63, 3.8) is 0 Å². The number of carbonyl (C=O) groups is 2. The molecule has 1 unspecified atom stereocenters. The van der Waals surface area contributed by atoms with Gasteiger partial charge in [0.15, 0.2) is 0 Å². The van der Waals surface area contributed by atoms with E-state index in [2.05, 4.69) is 5.32 Å². The van der Waals surface area contributed by atoms with Gasteiger partial charge >= 0.3 is 0 Å². The van der Waals surface area contributed by atoms with Crippen LogP contribution in [0.15, 0.2) is 18.2 Å². The molecule has 2 fully saturated rings. The molecule has 1 aromatic rings. The minimum Gasteiger partial charge on any atom is -0.497 e. The number of benzene rings is 1. The van der Waals surface area contributed by atoms with Crippen molar-refractivity contribution in [2.45, 2.75) is 6.92 Å². The van der Waals surface area contributed by atoms with E-state index in [-0.39, 0.29) is 17.7 Å². The smallest absolute Gasteiger partial charge is 0.254 e. The fourth-order valence-corrected chi connectivity index (χ4v) is 3.40. The first-order valence-electron chi connectivity index (χ1n) is 9.05. The highest BCUT2D eigenvalue weighted by Gasteiger charge is 2.33. The Morgan fingerprint density at radius 1 is 1.00 bits per heavy atom. The molecule has 1 N–H and O–H groups in total. The van der Waals surface area contributed by atoms with Gasteiger partial charge in [-0.25, -0.2) is 0 Å². The van der Waals surface area contributed by atoms with Gasteiger partial charge in [0, 0.05) is 43.7 Å². The molecule has 1 aromatic carbocycles. The number of carbonyl (C=O) groups excluding carboxylic acids is 2. The molecule has 2 aliphatic rings. The molecule has 2 aliphatic heterocycles. The highest BCUT2D eigenvalue weighted by atomic mass is 16.5. The maximum atomic E-state index is 12.8. The van der Waals surface area contributed by atoms with Gasteiger partial charge < -0.3 is 24.6 Å². The van der Waals surface area contributed by atoms with Crippen molar-refractivity contribution in [1.82, 2.24) is 15.1 Å². The molecule has 0 radical (unpaired) electrons. The molecule has 2 amide bonds. The van der Waals surface area contributed by atoms with Crippen LogP contribution in [0.1, 0.15) is 17.3 Å². The number of nitrogens with zero attached hydrogens (tertiary/aromatic N) is 2. The Kier molecular flexibility index (Phi) is 5.66. The van der Waals surface area contributed by atoms with Crippen molar-refractivity contribution in [3.8, 4) is 11.5 Å². The second-order valence-electron chi connectivity index (χ2n) is 6.93. The van der Waals surface area contributed by atoms with E-state index in [1.807, 2.05) is 11.8 Å². The molecule has 0 saturated carbocycles. The standard InChI is InChI=1S/C19H27N3O4/c1-13(15-11-20-12-15)18(23)21-4-6-22(7-5-21)19(24)14-8-16(25-2)10-17(9-14)26-3/h8-10,13,15,20H,4-7,11-12H2,1-3H3. The second kappa shape index (κ2) is 7.95. The summed E-state index contributed by atoms with van der Waals surface area (Å²) in [7, 11) is 3.12. The molecule has 1 atom stereocenters. The molecule has 142 valence electrons. The molecule has 7 nitrogen and oxygen atoms in total. The SMILES string of the molecule is COc1cc(OC)cc(C(=O)N2CCN(C(=O)C(C)C3CNC3)CC2)c1. The van der Waals surface area contributed by atoms with Gasteiger partial charge in [0.2, 0.25) is 5.91 Å². The number of rotatable bonds is 5. The van der Waals surface area contributed by atoms with Crippen LogP contribution in [-0.2, 0) is 4.79 Å². The number of piperazine rings is 1. The third-order valence-electron chi connectivity index (χ3n) is 5.39. The lowest BCUT2D eigenvalue weighted by Crippen LogP contribution is -2.55. The van der Waals surface area contributed by atoms with E-state index in [1.54, 1.807) is 37.3 Å². The van der Waals surface area contributed by atoms with Crippen LogP contribution in [0.4, 0.5) is 0 Å². The van der Waals surface area contributed by atoms with Crippen LogP contribution in [0.2, 0.25) is 0 Å². The molecule has 0 spiro atoms. The van der Waals surface area contributed by atoms with Crippen LogP contribution in [-0.4, -0.2) is 75.1 Å². The van der Waals surface area contributed by atoms with E-state index in [9.17, 15) is 9.59 Å². The first kappa shape index (κ1) is 18.5. The van der Waals surface area contributed by atoms with E-state index in [1.165, 1.54) is 0 Å². The normalized spacial score (nSPS) is 18.9. The molecule has 2 heterocycles. The lowest BCUT2D eigenvalue weighted by Gasteiger charge is -2.39. The topological polar surface area (TPSA) is 71.1 Å². The summed E-state index contributed by atoms with van der Waals surface area (Å²) < 4.78 is 10.5. The highest BCUT2D eigenvalue weighted by Crippen LogP contribution is 2.24. The molecule has 0 aliphatic carbocycles. The predicted octanol–water partition coefficient (Wildman–Crippen LogP) is 0.844. The van der Waals surface area contributed by atoms with Gasteiger partial charge in [0.25, 0.3) is 5.91 Å². The Balaban J connectivity index is 1.60. The van der Waals surface area contributed by atoms with Gasteiger partial charge in [0.1, 0.15) is 11.5 Å². The number of ether oxygens (including phenoxy) is 2.